The SMILES string of the molecule is O=c1[nH]c(=O)n(C2OC(CO)[C@H](O)C2O)cc1CO. The molecule has 0 bridgehead atoms. The molecule has 106 valence electrons. The molecular weight excluding hydrogens is 260 g/mol. The minimum Gasteiger partial charge on any atom is -0.394 e. The molecule has 0 amide bonds. The number of H-pyrrole nitrogens is 1. The number of aliphatic hydroxyl groups is 4. The third-order valence-electron chi connectivity index (χ3n) is 3.00. The van der Waals surface area contributed by atoms with E-state index < -0.39 is 49.0 Å². The molecule has 0 spiro atoms. The molecule has 0 aromatic carbocycles. The molecular formula is C10H14N2O7. The number of aliphatic hydroxyl groups excluding tert-OH is 4. The first-order chi connectivity index (χ1) is 8.99. The first kappa shape index (κ1) is 13.9. The van der Waals surface area contributed by atoms with Crippen LogP contribution in [-0.2, 0) is 11.3 Å². The predicted octanol–water partition coefficient (Wildman–Crippen LogP) is -3.36. The summed E-state index contributed by atoms with van der Waals surface area (Å²) < 4.78 is 6.01. The van der Waals surface area contributed by atoms with Crippen molar-refractivity contribution in [3.8, 4) is 0 Å². The highest BCUT2D eigenvalue weighted by Crippen LogP contribution is 2.27. The van der Waals surface area contributed by atoms with Crippen molar-refractivity contribution in [2.75, 3.05) is 6.61 Å². The Morgan fingerprint density at radius 1 is 1.26 bits per heavy atom. The maximum atomic E-state index is 11.6. The van der Waals surface area contributed by atoms with Gasteiger partial charge in [0.25, 0.3) is 5.56 Å². The molecule has 1 aromatic rings. The summed E-state index contributed by atoms with van der Waals surface area (Å²) in [5.74, 6) is 0. The summed E-state index contributed by atoms with van der Waals surface area (Å²) in [6.07, 6.45) is -4.03. The van der Waals surface area contributed by atoms with Crippen LogP contribution in [0.1, 0.15) is 11.8 Å². The predicted molar refractivity (Wildman–Crippen MR) is 60.3 cm³/mol. The lowest BCUT2D eigenvalue weighted by molar-refractivity contribution is -0.0552. The van der Waals surface area contributed by atoms with E-state index in [9.17, 15) is 19.8 Å². The number of nitrogens with zero attached hydrogens (tertiary/aromatic N) is 1. The van der Waals surface area contributed by atoms with Crippen LogP contribution < -0.4 is 11.2 Å². The third-order valence-corrected chi connectivity index (χ3v) is 3.00. The van der Waals surface area contributed by atoms with Gasteiger partial charge in [-0.2, -0.15) is 0 Å². The summed E-state index contributed by atoms with van der Waals surface area (Å²) in [6, 6.07) is 0. The van der Waals surface area contributed by atoms with Gasteiger partial charge in [-0.1, -0.05) is 0 Å². The Morgan fingerprint density at radius 3 is 2.47 bits per heavy atom. The van der Waals surface area contributed by atoms with E-state index in [1.54, 1.807) is 0 Å². The van der Waals surface area contributed by atoms with Crippen LogP contribution in [0, 0.1) is 0 Å². The Bertz CT molecular complexity index is 566. The molecule has 9 nitrogen and oxygen atoms in total. The molecule has 1 saturated heterocycles. The van der Waals surface area contributed by atoms with E-state index in [4.69, 9.17) is 14.9 Å². The molecule has 4 atom stereocenters. The quantitative estimate of drug-likeness (QED) is 0.387. The minimum absolute atomic E-state index is 0.0858. The van der Waals surface area contributed by atoms with Gasteiger partial charge in [0.2, 0.25) is 0 Å². The van der Waals surface area contributed by atoms with Crippen molar-refractivity contribution in [2.24, 2.45) is 0 Å². The topological polar surface area (TPSA) is 145 Å². The highest BCUT2D eigenvalue weighted by Gasteiger charge is 2.43. The Balaban J connectivity index is 2.43. The van der Waals surface area contributed by atoms with Gasteiger partial charge in [0.05, 0.1) is 18.8 Å². The summed E-state index contributed by atoms with van der Waals surface area (Å²) in [7, 11) is 0. The van der Waals surface area contributed by atoms with Crippen LogP contribution in [-0.4, -0.2) is 54.9 Å². The van der Waals surface area contributed by atoms with E-state index in [0.29, 0.717) is 0 Å². The van der Waals surface area contributed by atoms with E-state index in [0.717, 1.165) is 10.8 Å². The van der Waals surface area contributed by atoms with Gasteiger partial charge >= 0.3 is 5.69 Å². The molecule has 1 aliphatic heterocycles. The van der Waals surface area contributed by atoms with E-state index in [2.05, 4.69) is 0 Å². The largest absolute Gasteiger partial charge is 0.394 e. The van der Waals surface area contributed by atoms with Crippen LogP contribution in [0.25, 0.3) is 0 Å². The molecule has 0 radical (unpaired) electrons. The normalized spacial score (nSPS) is 30.7. The lowest BCUT2D eigenvalue weighted by Gasteiger charge is -2.17. The Hall–Kier alpha value is -1.52. The molecule has 0 saturated carbocycles. The van der Waals surface area contributed by atoms with Crippen molar-refractivity contribution < 1.29 is 25.2 Å². The maximum Gasteiger partial charge on any atom is 0.330 e. The lowest BCUT2D eigenvalue weighted by atomic mass is 10.1. The lowest BCUT2D eigenvalue weighted by Crippen LogP contribution is -2.38. The zero-order valence-corrected chi connectivity index (χ0v) is 9.76. The van der Waals surface area contributed by atoms with Gasteiger partial charge in [0, 0.05) is 6.20 Å². The molecule has 0 aliphatic carbocycles. The number of aromatic nitrogens is 2. The highest BCUT2D eigenvalue weighted by atomic mass is 16.6. The van der Waals surface area contributed by atoms with Crippen LogP contribution in [0.2, 0.25) is 0 Å². The number of ether oxygens (including phenoxy) is 1. The van der Waals surface area contributed by atoms with Crippen LogP contribution in [0.5, 0.6) is 0 Å². The van der Waals surface area contributed by atoms with Crippen molar-refractivity contribution >= 4 is 0 Å². The van der Waals surface area contributed by atoms with Crippen molar-refractivity contribution in [1.82, 2.24) is 9.55 Å². The van der Waals surface area contributed by atoms with Crippen LogP contribution in [0.4, 0.5) is 0 Å². The zero-order valence-electron chi connectivity index (χ0n) is 9.76. The molecule has 1 aromatic heterocycles. The van der Waals surface area contributed by atoms with Crippen molar-refractivity contribution in [1.29, 1.82) is 0 Å². The molecule has 19 heavy (non-hydrogen) atoms. The monoisotopic (exact) mass is 274 g/mol. The summed E-state index contributed by atoms with van der Waals surface area (Å²) >= 11 is 0. The molecule has 2 heterocycles. The fourth-order valence-corrected chi connectivity index (χ4v) is 1.94. The molecule has 3 unspecified atom stereocenters. The number of aromatic amines is 1. The number of rotatable bonds is 3. The first-order valence-corrected chi connectivity index (χ1v) is 5.57. The van der Waals surface area contributed by atoms with Crippen molar-refractivity contribution in [3.05, 3.63) is 32.6 Å². The van der Waals surface area contributed by atoms with E-state index in [1.165, 1.54) is 0 Å². The summed E-state index contributed by atoms with van der Waals surface area (Å²) in [6.45, 7) is -1.12. The average molecular weight is 274 g/mol. The highest BCUT2D eigenvalue weighted by molar-refractivity contribution is 5.04. The van der Waals surface area contributed by atoms with Gasteiger partial charge in [0.15, 0.2) is 6.23 Å². The molecule has 2 rings (SSSR count). The number of hydrogen-bond acceptors (Lipinski definition) is 7. The first-order valence-electron chi connectivity index (χ1n) is 5.57. The fraction of sp³-hybridized carbons (Fsp3) is 0.600. The Kier molecular flexibility index (Phi) is 3.83. The summed E-state index contributed by atoms with van der Waals surface area (Å²) in [4.78, 5) is 24.9. The second-order valence-corrected chi connectivity index (χ2v) is 4.21. The minimum atomic E-state index is -1.44. The second kappa shape index (κ2) is 5.23. The number of hydrogen-bond donors (Lipinski definition) is 5. The van der Waals surface area contributed by atoms with Gasteiger partial charge in [-0.15, -0.1) is 0 Å². The Labute approximate surface area is 106 Å². The van der Waals surface area contributed by atoms with Crippen LogP contribution in [0.15, 0.2) is 15.8 Å². The summed E-state index contributed by atoms with van der Waals surface area (Å²) in [5, 5.41) is 37.3. The average Bonchev–Trinajstić information content (AvgIpc) is 2.67. The zero-order chi connectivity index (χ0) is 14.2. The third kappa shape index (κ3) is 2.33. The van der Waals surface area contributed by atoms with Gasteiger partial charge in [-0.05, 0) is 0 Å². The van der Waals surface area contributed by atoms with Gasteiger partial charge in [-0.3, -0.25) is 14.3 Å². The summed E-state index contributed by atoms with van der Waals surface area (Å²) in [5.41, 5.74) is -1.68. The van der Waals surface area contributed by atoms with Crippen LogP contribution >= 0.6 is 0 Å². The molecule has 5 N–H and O–H groups in total. The van der Waals surface area contributed by atoms with Crippen LogP contribution in [0.3, 0.4) is 0 Å². The smallest absolute Gasteiger partial charge is 0.330 e. The second-order valence-electron chi connectivity index (χ2n) is 4.21. The van der Waals surface area contributed by atoms with E-state index >= 15 is 0 Å². The Morgan fingerprint density at radius 2 is 1.95 bits per heavy atom. The van der Waals surface area contributed by atoms with Gasteiger partial charge in [0.1, 0.15) is 18.3 Å². The molecule has 9 heteroatoms. The van der Waals surface area contributed by atoms with E-state index in [-0.39, 0.29) is 5.56 Å². The van der Waals surface area contributed by atoms with Gasteiger partial charge in [-0.25, -0.2) is 4.79 Å². The molecule has 1 fully saturated rings. The van der Waals surface area contributed by atoms with Crippen molar-refractivity contribution in [3.63, 3.8) is 0 Å². The standard InChI is InChI=1S/C10H14N2O7/c13-2-4-1-12(10(18)11-8(4)17)9-7(16)6(15)5(3-14)19-9/h1,5-7,9,13-16H,2-3H2,(H,11,17,18)/t5?,6-,7?,9?/m0/s1. The van der Waals surface area contributed by atoms with Gasteiger partial charge < -0.3 is 25.2 Å². The molecule has 1 aliphatic rings. The number of nitrogens with one attached hydrogen (secondary N) is 1. The van der Waals surface area contributed by atoms with Crippen molar-refractivity contribution in [2.45, 2.75) is 31.1 Å². The fourth-order valence-electron chi connectivity index (χ4n) is 1.94. The van der Waals surface area contributed by atoms with E-state index in [1.807, 2.05) is 4.98 Å². The maximum absolute atomic E-state index is 11.6.